The van der Waals surface area contributed by atoms with Crippen LogP contribution in [0.2, 0.25) is 0 Å². The van der Waals surface area contributed by atoms with Crippen molar-refractivity contribution in [2.45, 2.75) is 39.2 Å². The fourth-order valence-corrected chi connectivity index (χ4v) is 4.27. The number of hydrogen-bond donors (Lipinski definition) is 1. The third-order valence-corrected chi connectivity index (χ3v) is 5.68. The molecule has 0 radical (unpaired) electrons. The van der Waals surface area contributed by atoms with Gasteiger partial charge in [0.15, 0.2) is 0 Å². The van der Waals surface area contributed by atoms with Crippen LogP contribution in [0.25, 0.3) is 10.6 Å². The predicted octanol–water partition coefficient (Wildman–Crippen LogP) is 3.72. The summed E-state index contributed by atoms with van der Waals surface area (Å²) >= 11 is 1.52. The molecule has 4 nitrogen and oxygen atoms in total. The predicted molar refractivity (Wildman–Crippen MR) is 99.5 cm³/mol. The van der Waals surface area contributed by atoms with E-state index in [1.807, 2.05) is 37.3 Å². The fourth-order valence-electron chi connectivity index (χ4n) is 3.24. The second-order valence-electron chi connectivity index (χ2n) is 6.28. The normalized spacial score (nSPS) is 15.4. The zero-order valence-electron chi connectivity index (χ0n) is 14.4. The van der Waals surface area contributed by atoms with Gasteiger partial charge in [-0.25, -0.2) is 4.98 Å². The van der Waals surface area contributed by atoms with Gasteiger partial charge in [0.2, 0.25) is 0 Å². The maximum absolute atomic E-state index is 13.2. The monoisotopic (exact) mass is 343 g/mol. The Bertz CT molecular complexity index is 677. The SMILES string of the molecule is CCCN(C(=O)c1sc(-c2ccccc2)nc1C)C1CCNCC1. The van der Waals surface area contributed by atoms with Gasteiger partial charge in [-0.15, -0.1) is 11.3 Å². The maximum Gasteiger partial charge on any atom is 0.266 e. The number of hydrogen-bond acceptors (Lipinski definition) is 4. The third-order valence-electron chi connectivity index (χ3n) is 4.49. The molecule has 0 bridgehead atoms. The molecule has 128 valence electrons. The molecule has 1 aliphatic rings. The lowest BCUT2D eigenvalue weighted by molar-refractivity contribution is 0.0646. The Labute approximate surface area is 147 Å². The lowest BCUT2D eigenvalue weighted by Gasteiger charge is -2.34. The molecular weight excluding hydrogens is 318 g/mol. The van der Waals surface area contributed by atoms with Crippen molar-refractivity contribution < 1.29 is 4.79 Å². The molecule has 1 aromatic heterocycles. The summed E-state index contributed by atoms with van der Waals surface area (Å²) in [4.78, 5) is 20.7. The minimum Gasteiger partial charge on any atom is -0.335 e. The van der Waals surface area contributed by atoms with Crippen molar-refractivity contribution in [3.63, 3.8) is 0 Å². The van der Waals surface area contributed by atoms with Gasteiger partial charge in [-0.3, -0.25) is 4.79 Å². The first-order valence-corrected chi connectivity index (χ1v) is 9.57. The van der Waals surface area contributed by atoms with Gasteiger partial charge >= 0.3 is 0 Å². The number of thiazole rings is 1. The van der Waals surface area contributed by atoms with E-state index < -0.39 is 0 Å². The van der Waals surface area contributed by atoms with Crippen molar-refractivity contribution in [1.29, 1.82) is 0 Å². The Morgan fingerprint density at radius 2 is 2.00 bits per heavy atom. The standard InChI is InChI=1S/C19H25N3OS/c1-3-13-22(16-9-11-20-12-10-16)19(23)17-14(2)21-18(24-17)15-7-5-4-6-8-15/h4-8,16,20H,3,9-13H2,1-2H3. The molecule has 1 N–H and O–H groups in total. The zero-order chi connectivity index (χ0) is 16.9. The minimum atomic E-state index is 0.154. The Morgan fingerprint density at radius 1 is 1.29 bits per heavy atom. The maximum atomic E-state index is 13.2. The van der Waals surface area contributed by atoms with Gasteiger partial charge in [0.1, 0.15) is 9.88 Å². The largest absolute Gasteiger partial charge is 0.335 e. The molecule has 2 aromatic rings. The van der Waals surface area contributed by atoms with Gasteiger partial charge in [0.05, 0.1) is 5.69 Å². The summed E-state index contributed by atoms with van der Waals surface area (Å²) in [5.41, 5.74) is 1.92. The van der Waals surface area contributed by atoms with Crippen LogP contribution in [0.5, 0.6) is 0 Å². The van der Waals surface area contributed by atoms with E-state index in [1.165, 1.54) is 11.3 Å². The first-order chi connectivity index (χ1) is 11.7. The molecule has 1 aromatic carbocycles. The number of carbonyl (C=O) groups excluding carboxylic acids is 1. The highest BCUT2D eigenvalue weighted by Crippen LogP contribution is 2.29. The van der Waals surface area contributed by atoms with Gasteiger partial charge in [-0.2, -0.15) is 0 Å². The van der Waals surface area contributed by atoms with E-state index in [0.29, 0.717) is 6.04 Å². The molecule has 0 saturated carbocycles. The number of aryl methyl sites for hydroxylation is 1. The lowest BCUT2D eigenvalue weighted by Crippen LogP contribution is -2.46. The molecule has 5 heteroatoms. The first-order valence-electron chi connectivity index (χ1n) is 8.75. The van der Waals surface area contributed by atoms with Crippen LogP contribution >= 0.6 is 11.3 Å². The average molecular weight is 343 g/mol. The zero-order valence-corrected chi connectivity index (χ0v) is 15.2. The van der Waals surface area contributed by atoms with Gasteiger partial charge < -0.3 is 10.2 Å². The number of nitrogens with zero attached hydrogens (tertiary/aromatic N) is 2. The van der Waals surface area contributed by atoms with E-state index >= 15 is 0 Å². The molecule has 1 saturated heterocycles. The van der Waals surface area contributed by atoms with Gasteiger partial charge in [0, 0.05) is 18.2 Å². The molecule has 3 rings (SSSR count). The van der Waals surface area contributed by atoms with Crippen LogP contribution in [0.15, 0.2) is 30.3 Å². The van der Waals surface area contributed by atoms with E-state index in [4.69, 9.17) is 0 Å². The molecule has 0 unspecified atom stereocenters. The Hall–Kier alpha value is -1.72. The molecular formula is C19H25N3OS. The quantitative estimate of drug-likeness (QED) is 0.900. The number of rotatable bonds is 5. The van der Waals surface area contributed by atoms with Crippen LogP contribution in [0.3, 0.4) is 0 Å². The highest BCUT2D eigenvalue weighted by atomic mass is 32.1. The molecule has 0 aliphatic carbocycles. The smallest absolute Gasteiger partial charge is 0.266 e. The van der Waals surface area contributed by atoms with Crippen molar-refractivity contribution in [3.8, 4) is 10.6 Å². The molecule has 0 spiro atoms. The van der Waals surface area contributed by atoms with Gasteiger partial charge in [0.25, 0.3) is 5.91 Å². The van der Waals surface area contributed by atoms with E-state index in [9.17, 15) is 4.79 Å². The summed E-state index contributed by atoms with van der Waals surface area (Å²) in [6.07, 6.45) is 3.06. The highest BCUT2D eigenvalue weighted by Gasteiger charge is 2.28. The Morgan fingerprint density at radius 3 is 2.67 bits per heavy atom. The van der Waals surface area contributed by atoms with E-state index in [1.54, 1.807) is 0 Å². The lowest BCUT2D eigenvalue weighted by atomic mass is 10.0. The number of piperidine rings is 1. The van der Waals surface area contributed by atoms with E-state index in [-0.39, 0.29) is 5.91 Å². The molecule has 1 aliphatic heterocycles. The third kappa shape index (κ3) is 3.68. The fraction of sp³-hybridized carbons (Fsp3) is 0.474. The average Bonchev–Trinajstić information content (AvgIpc) is 3.02. The van der Waals surface area contributed by atoms with Crippen LogP contribution in [0, 0.1) is 6.92 Å². The molecule has 1 fully saturated rings. The molecule has 1 amide bonds. The minimum absolute atomic E-state index is 0.154. The van der Waals surface area contributed by atoms with Crippen LogP contribution in [0.4, 0.5) is 0 Å². The van der Waals surface area contributed by atoms with Crippen LogP contribution < -0.4 is 5.32 Å². The summed E-state index contributed by atoms with van der Waals surface area (Å²) < 4.78 is 0. The number of carbonyl (C=O) groups is 1. The van der Waals surface area contributed by atoms with Gasteiger partial charge in [-0.1, -0.05) is 37.3 Å². The van der Waals surface area contributed by atoms with Crippen LogP contribution in [-0.4, -0.2) is 41.5 Å². The van der Waals surface area contributed by atoms with Gasteiger partial charge in [-0.05, 0) is 39.3 Å². The van der Waals surface area contributed by atoms with Crippen molar-refractivity contribution >= 4 is 17.2 Å². The highest BCUT2D eigenvalue weighted by molar-refractivity contribution is 7.17. The number of benzene rings is 1. The first kappa shape index (κ1) is 17.1. The van der Waals surface area contributed by atoms with Crippen LogP contribution in [-0.2, 0) is 0 Å². The van der Waals surface area contributed by atoms with Crippen LogP contribution in [0.1, 0.15) is 41.6 Å². The Kier molecular flexibility index (Phi) is 5.63. The summed E-state index contributed by atoms with van der Waals surface area (Å²) in [5, 5.41) is 4.31. The van der Waals surface area contributed by atoms with E-state index in [2.05, 4.69) is 22.1 Å². The summed E-state index contributed by atoms with van der Waals surface area (Å²) in [6.45, 7) is 6.89. The van der Waals surface area contributed by atoms with Crippen molar-refractivity contribution in [3.05, 3.63) is 40.9 Å². The molecule has 2 heterocycles. The number of aromatic nitrogens is 1. The summed E-state index contributed by atoms with van der Waals surface area (Å²) in [5.74, 6) is 0.154. The van der Waals surface area contributed by atoms with Crippen molar-refractivity contribution in [1.82, 2.24) is 15.2 Å². The summed E-state index contributed by atoms with van der Waals surface area (Å²) in [6, 6.07) is 10.4. The topological polar surface area (TPSA) is 45.2 Å². The van der Waals surface area contributed by atoms with Crippen molar-refractivity contribution in [2.75, 3.05) is 19.6 Å². The van der Waals surface area contributed by atoms with E-state index in [0.717, 1.165) is 60.0 Å². The number of amides is 1. The Balaban J connectivity index is 1.86. The van der Waals surface area contributed by atoms with Crippen molar-refractivity contribution in [2.24, 2.45) is 0 Å². The molecule has 0 atom stereocenters. The molecule has 24 heavy (non-hydrogen) atoms. The number of nitrogens with one attached hydrogen (secondary N) is 1. The summed E-state index contributed by atoms with van der Waals surface area (Å²) in [7, 11) is 0. The second-order valence-corrected chi connectivity index (χ2v) is 7.28. The second kappa shape index (κ2) is 7.90.